The number of hydrogen-bond donors (Lipinski definition) is 3. The maximum absolute atomic E-state index is 13.7. The van der Waals surface area contributed by atoms with Crippen LogP contribution in [-0.2, 0) is 14.3 Å². The van der Waals surface area contributed by atoms with E-state index in [1.54, 1.807) is 51.1 Å². The van der Waals surface area contributed by atoms with Gasteiger partial charge in [0.05, 0.1) is 6.61 Å². The van der Waals surface area contributed by atoms with Crippen LogP contribution in [0.4, 0.5) is 10.5 Å². The first kappa shape index (κ1) is 26.8. The molecule has 0 spiro atoms. The standard InChI is InChI=1S/C28H33N3O5/c1-6-19-11-13-20(14-12-19)24(25(33)29-22-10-8-7-9-18(22)2)31(21-15-16-21)26(34)23(17-32)30-27(35)36-28(3,4)5/h1,7-14,21,23-24,32H,15-17H2,2-5H3,(H,29,33)(H,30,35). The number of alkyl carbamates (subject to hydrolysis) is 1. The maximum atomic E-state index is 13.7. The van der Waals surface area contributed by atoms with Crippen LogP contribution in [0.3, 0.4) is 0 Å². The molecule has 1 aliphatic carbocycles. The average molecular weight is 492 g/mol. The highest BCUT2D eigenvalue weighted by Crippen LogP contribution is 2.36. The zero-order valence-corrected chi connectivity index (χ0v) is 21.1. The van der Waals surface area contributed by atoms with Crippen LogP contribution in [0.5, 0.6) is 0 Å². The van der Waals surface area contributed by atoms with Crippen LogP contribution in [0, 0.1) is 19.3 Å². The fraction of sp³-hybridized carbons (Fsp3) is 0.393. The molecule has 0 saturated heterocycles. The maximum Gasteiger partial charge on any atom is 0.408 e. The van der Waals surface area contributed by atoms with Crippen LogP contribution in [-0.4, -0.2) is 52.2 Å². The van der Waals surface area contributed by atoms with Crippen molar-refractivity contribution in [2.45, 2.75) is 64.3 Å². The molecule has 0 radical (unpaired) electrons. The fourth-order valence-electron chi connectivity index (χ4n) is 3.80. The number of anilines is 1. The van der Waals surface area contributed by atoms with Crippen LogP contribution in [0.15, 0.2) is 48.5 Å². The van der Waals surface area contributed by atoms with Gasteiger partial charge in [0.1, 0.15) is 17.7 Å². The van der Waals surface area contributed by atoms with Crippen LogP contribution < -0.4 is 10.6 Å². The summed E-state index contributed by atoms with van der Waals surface area (Å²) >= 11 is 0. The largest absolute Gasteiger partial charge is 0.444 e. The molecule has 1 saturated carbocycles. The lowest BCUT2D eigenvalue weighted by atomic mass is 10.0. The van der Waals surface area contributed by atoms with E-state index in [9.17, 15) is 19.5 Å². The predicted molar refractivity (Wildman–Crippen MR) is 137 cm³/mol. The number of aryl methyl sites for hydroxylation is 1. The van der Waals surface area contributed by atoms with Crippen molar-refractivity contribution in [3.05, 3.63) is 65.2 Å². The molecule has 2 atom stereocenters. The summed E-state index contributed by atoms with van der Waals surface area (Å²) in [5.41, 5.74) is 1.92. The zero-order chi connectivity index (χ0) is 26.5. The minimum Gasteiger partial charge on any atom is -0.444 e. The number of amides is 3. The molecule has 3 amide bonds. The Labute approximate surface area is 212 Å². The summed E-state index contributed by atoms with van der Waals surface area (Å²) < 4.78 is 5.26. The minimum atomic E-state index is -1.28. The molecule has 1 aliphatic rings. The molecule has 3 N–H and O–H groups in total. The predicted octanol–water partition coefficient (Wildman–Crippen LogP) is 3.53. The van der Waals surface area contributed by atoms with E-state index >= 15 is 0 Å². The smallest absolute Gasteiger partial charge is 0.408 e. The molecule has 0 bridgehead atoms. The monoisotopic (exact) mass is 491 g/mol. The van der Waals surface area contributed by atoms with Crippen molar-refractivity contribution in [3.63, 3.8) is 0 Å². The van der Waals surface area contributed by atoms with Gasteiger partial charge in [-0.25, -0.2) is 4.79 Å². The number of benzene rings is 2. The Hall–Kier alpha value is -3.83. The first-order valence-corrected chi connectivity index (χ1v) is 11.9. The van der Waals surface area contributed by atoms with E-state index in [-0.39, 0.29) is 6.04 Å². The lowest BCUT2D eigenvalue weighted by molar-refractivity contribution is -0.142. The Kier molecular flexibility index (Phi) is 8.38. The molecule has 2 aromatic rings. The number of nitrogens with one attached hydrogen (secondary N) is 2. The molecule has 2 aromatic carbocycles. The fourth-order valence-corrected chi connectivity index (χ4v) is 3.80. The molecule has 8 heteroatoms. The molecule has 0 aromatic heterocycles. The van der Waals surface area contributed by atoms with E-state index in [1.807, 2.05) is 25.1 Å². The Morgan fingerprint density at radius 3 is 2.31 bits per heavy atom. The van der Waals surface area contributed by atoms with Crippen molar-refractivity contribution in [3.8, 4) is 12.3 Å². The second kappa shape index (κ2) is 11.3. The summed E-state index contributed by atoms with van der Waals surface area (Å²) in [6.07, 6.45) is 6.07. The number of carbonyl (C=O) groups excluding carboxylic acids is 3. The van der Waals surface area contributed by atoms with Crippen molar-refractivity contribution in [2.24, 2.45) is 0 Å². The van der Waals surface area contributed by atoms with Crippen LogP contribution in [0.25, 0.3) is 0 Å². The summed E-state index contributed by atoms with van der Waals surface area (Å²) in [4.78, 5) is 41.2. The van der Waals surface area contributed by atoms with E-state index in [2.05, 4.69) is 16.6 Å². The topological polar surface area (TPSA) is 108 Å². The van der Waals surface area contributed by atoms with E-state index < -0.39 is 42.2 Å². The molecule has 36 heavy (non-hydrogen) atoms. The quantitative estimate of drug-likeness (QED) is 0.490. The number of ether oxygens (including phenoxy) is 1. The van der Waals surface area contributed by atoms with Crippen molar-refractivity contribution >= 4 is 23.6 Å². The third kappa shape index (κ3) is 6.86. The number of terminal acetylenes is 1. The van der Waals surface area contributed by atoms with Gasteiger partial charge in [-0.15, -0.1) is 6.42 Å². The van der Waals surface area contributed by atoms with Crippen LogP contribution in [0.1, 0.15) is 56.3 Å². The van der Waals surface area contributed by atoms with Gasteiger partial charge in [0, 0.05) is 17.3 Å². The molecule has 8 nitrogen and oxygen atoms in total. The highest BCUT2D eigenvalue weighted by Gasteiger charge is 2.44. The molecule has 2 unspecified atom stereocenters. The number of aliphatic hydroxyl groups is 1. The van der Waals surface area contributed by atoms with E-state index in [0.29, 0.717) is 29.7 Å². The SMILES string of the molecule is C#Cc1ccc(C(C(=O)Nc2ccccc2C)N(C(=O)C(CO)NC(=O)OC(C)(C)C)C2CC2)cc1. The van der Waals surface area contributed by atoms with Gasteiger partial charge in [0.15, 0.2) is 0 Å². The van der Waals surface area contributed by atoms with Gasteiger partial charge in [-0.3, -0.25) is 9.59 Å². The van der Waals surface area contributed by atoms with Crippen molar-refractivity contribution in [1.29, 1.82) is 0 Å². The van der Waals surface area contributed by atoms with Crippen molar-refractivity contribution in [2.75, 3.05) is 11.9 Å². The Morgan fingerprint density at radius 2 is 1.78 bits per heavy atom. The summed E-state index contributed by atoms with van der Waals surface area (Å²) in [5, 5.41) is 15.4. The zero-order valence-electron chi connectivity index (χ0n) is 21.1. The average Bonchev–Trinajstić information content (AvgIpc) is 3.66. The third-order valence-electron chi connectivity index (χ3n) is 5.69. The Balaban J connectivity index is 1.96. The van der Waals surface area contributed by atoms with E-state index in [1.165, 1.54) is 4.90 Å². The van der Waals surface area contributed by atoms with Gasteiger partial charge in [-0.2, -0.15) is 0 Å². The normalized spacial score (nSPS) is 14.7. The molecule has 190 valence electrons. The second-order valence-corrected chi connectivity index (χ2v) is 9.83. The van der Waals surface area contributed by atoms with E-state index in [0.717, 1.165) is 5.56 Å². The van der Waals surface area contributed by atoms with Crippen molar-refractivity contribution < 1.29 is 24.2 Å². The number of nitrogens with zero attached hydrogens (tertiary/aromatic N) is 1. The number of aliphatic hydroxyl groups excluding tert-OH is 1. The molecular weight excluding hydrogens is 458 g/mol. The van der Waals surface area contributed by atoms with Gasteiger partial charge >= 0.3 is 6.09 Å². The van der Waals surface area contributed by atoms with Gasteiger partial charge in [-0.1, -0.05) is 36.3 Å². The van der Waals surface area contributed by atoms with Gasteiger partial charge in [0.2, 0.25) is 5.91 Å². The first-order valence-electron chi connectivity index (χ1n) is 11.9. The molecule has 0 heterocycles. The first-order chi connectivity index (χ1) is 17.0. The van der Waals surface area contributed by atoms with Crippen LogP contribution >= 0.6 is 0 Å². The summed E-state index contributed by atoms with van der Waals surface area (Å²) in [6.45, 7) is 6.33. The lowest BCUT2D eigenvalue weighted by Crippen LogP contribution is -2.54. The summed E-state index contributed by atoms with van der Waals surface area (Å²) in [5.74, 6) is 1.57. The Bertz CT molecular complexity index is 1140. The highest BCUT2D eigenvalue weighted by molar-refractivity contribution is 5.99. The highest BCUT2D eigenvalue weighted by atomic mass is 16.6. The summed E-state index contributed by atoms with van der Waals surface area (Å²) in [7, 11) is 0. The summed E-state index contributed by atoms with van der Waals surface area (Å²) in [6, 6.07) is 11.7. The number of para-hydroxylation sites is 1. The second-order valence-electron chi connectivity index (χ2n) is 9.83. The molecule has 1 fully saturated rings. The van der Waals surface area contributed by atoms with Crippen molar-refractivity contribution in [1.82, 2.24) is 10.2 Å². The van der Waals surface area contributed by atoms with Gasteiger partial charge in [-0.05, 0) is 69.9 Å². The van der Waals surface area contributed by atoms with Gasteiger partial charge < -0.3 is 25.4 Å². The lowest BCUT2D eigenvalue weighted by Gasteiger charge is -2.34. The molecule has 0 aliphatic heterocycles. The Morgan fingerprint density at radius 1 is 1.14 bits per heavy atom. The number of carbonyl (C=O) groups is 3. The van der Waals surface area contributed by atoms with Gasteiger partial charge in [0.25, 0.3) is 5.91 Å². The molecule has 3 rings (SSSR count). The molecular formula is C28H33N3O5. The van der Waals surface area contributed by atoms with Crippen LogP contribution in [0.2, 0.25) is 0 Å². The minimum absolute atomic E-state index is 0.216. The van der Waals surface area contributed by atoms with E-state index in [4.69, 9.17) is 11.2 Å². The number of hydrogen-bond acceptors (Lipinski definition) is 5. The number of rotatable bonds is 8. The third-order valence-corrected chi connectivity index (χ3v) is 5.69.